The van der Waals surface area contributed by atoms with Crippen molar-refractivity contribution in [2.75, 3.05) is 0 Å². The lowest BCUT2D eigenvalue weighted by atomic mass is 9.91. The monoisotopic (exact) mass is 411 g/mol. The maximum atomic E-state index is 4.27. The molecule has 0 N–H and O–H groups in total. The molecule has 0 saturated carbocycles. The van der Waals surface area contributed by atoms with Crippen LogP contribution in [-0.4, -0.2) is 4.98 Å². The van der Waals surface area contributed by atoms with Gasteiger partial charge in [-0.1, -0.05) is 84.9 Å². The highest BCUT2D eigenvalue weighted by Crippen LogP contribution is 2.34. The average Bonchev–Trinajstić information content (AvgIpc) is 2.87. The lowest BCUT2D eigenvalue weighted by molar-refractivity contribution is 1.33. The highest BCUT2D eigenvalue weighted by atomic mass is 14.6. The standard InChI is InChI=1S/C31H25N/c1-3-23(18-22(2)24-11-8-12-25(19-24)27-13-9-17-32-21-27)31-20-26-10-4-5-14-28(26)29-15-6-7-16-30(29)31/h3-21H,1-2H3/b22-18+,23-3+. The molecule has 154 valence electrons. The third-order valence-corrected chi connectivity index (χ3v) is 6.07. The fourth-order valence-corrected chi connectivity index (χ4v) is 4.40. The van der Waals surface area contributed by atoms with Gasteiger partial charge in [-0.05, 0) is 81.4 Å². The molecule has 5 aromatic rings. The maximum Gasteiger partial charge on any atom is 0.0346 e. The second kappa shape index (κ2) is 8.64. The first-order valence-electron chi connectivity index (χ1n) is 11.0. The van der Waals surface area contributed by atoms with Crippen LogP contribution < -0.4 is 0 Å². The molecule has 0 aliphatic heterocycles. The van der Waals surface area contributed by atoms with Crippen molar-refractivity contribution in [3.63, 3.8) is 0 Å². The molecule has 5 rings (SSSR count). The minimum absolute atomic E-state index is 1.13. The average molecular weight is 412 g/mol. The summed E-state index contributed by atoms with van der Waals surface area (Å²) in [5.41, 5.74) is 7.27. The first-order valence-corrected chi connectivity index (χ1v) is 11.0. The third-order valence-electron chi connectivity index (χ3n) is 6.07. The predicted molar refractivity (Wildman–Crippen MR) is 138 cm³/mol. The van der Waals surface area contributed by atoms with Crippen molar-refractivity contribution in [1.29, 1.82) is 0 Å². The van der Waals surface area contributed by atoms with E-state index in [2.05, 4.69) is 116 Å². The number of pyridine rings is 1. The Morgan fingerprint density at radius 3 is 2.25 bits per heavy atom. The molecule has 32 heavy (non-hydrogen) atoms. The molecule has 0 aliphatic carbocycles. The number of hydrogen-bond donors (Lipinski definition) is 0. The van der Waals surface area contributed by atoms with Gasteiger partial charge in [-0.25, -0.2) is 0 Å². The van der Waals surface area contributed by atoms with E-state index in [0.29, 0.717) is 0 Å². The molecule has 0 aliphatic rings. The lowest BCUT2D eigenvalue weighted by Crippen LogP contribution is -1.89. The van der Waals surface area contributed by atoms with Crippen molar-refractivity contribution in [2.45, 2.75) is 13.8 Å². The minimum Gasteiger partial charge on any atom is -0.264 e. The van der Waals surface area contributed by atoms with Crippen molar-refractivity contribution in [1.82, 2.24) is 4.98 Å². The molecule has 1 heterocycles. The normalized spacial score (nSPS) is 12.4. The van der Waals surface area contributed by atoms with Crippen LogP contribution in [0.3, 0.4) is 0 Å². The van der Waals surface area contributed by atoms with Gasteiger partial charge in [-0.3, -0.25) is 4.98 Å². The van der Waals surface area contributed by atoms with Gasteiger partial charge in [-0.15, -0.1) is 0 Å². The van der Waals surface area contributed by atoms with E-state index in [9.17, 15) is 0 Å². The van der Waals surface area contributed by atoms with E-state index in [-0.39, 0.29) is 0 Å². The van der Waals surface area contributed by atoms with Crippen molar-refractivity contribution in [2.24, 2.45) is 0 Å². The first-order chi connectivity index (χ1) is 15.7. The summed E-state index contributed by atoms with van der Waals surface area (Å²) in [5.74, 6) is 0. The molecular weight excluding hydrogens is 386 g/mol. The van der Waals surface area contributed by atoms with Crippen molar-refractivity contribution < 1.29 is 0 Å². The highest BCUT2D eigenvalue weighted by molar-refractivity contribution is 6.12. The quantitative estimate of drug-likeness (QED) is 0.213. The minimum atomic E-state index is 1.13. The predicted octanol–water partition coefficient (Wildman–Crippen LogP) is 8.56. The van der Waals surface area contributed by atoms with Crippen LogP contribution in [0.5, 0.6) is 0 Å². The first kappa shape index (κ1) is 20.0. The number of aromatic nitrogens is 1. The van der Waals surface area contributed by atoms with E-state index in [4.69, 9.17) is 0 Å². The number of hydrogen-bond acceptors (Lipinski definition) is 1. The number of fused-ring (bicyclic) bond motifs is 3. The fourth-order valence-electron chi connectivity index (χ4n) is 4.40. The number of allylic oxidation sites excluding steroid dienone is 4. The Bertz CT molecular complexity index is 1470. The summed E-state index contributed by atoms with van der Waals surface area (Å²) < 4.78 is 0. The molecule has 0 saturated heterocycles. The van der Waals surface area contributed by atoms with Gasteiger partial charge >= 0.3 is 0 Å². The van der Waals surface area contributed by atoms with Crippen molar-refractivity contribution in [3.05, 3.63) is 127 Å². The number of nitrogens with zero attached hydrogens (tertiary/aromatic N) is 1. The summed E-state index contributed by atoms with van der Waals surface area (Å²) >= 11 is 0. The van der Waals surface area contributed by atoms with Crippen LogP contribution in [-0.2, 0) is 0 Å². The molecule has 1 nitrogen and oxygen atoms in total. The molecule has 0 spiro atoms. The Labute approximate surface area is 189 Å². The van der Waals surface area contributed by atoms with Gasteiger partial charge in [0.25, 0.3) is 0 Å². The van der Waals surface area contributed by atoms with Crippen LogP contribution in [0.4, 0.5) is 0 Å². The summed E-state index contributed by atoms with van der Waals surface area (Å²) in [6.07, 6.45) is 8.24. The molecular formula is C31H25N. The number of rotatable bonds is 4. The van der Waals surface area contributed by atoms with Crippen LogP contribution in [0.2, 0.25) is 0 Å². The van der Waals surface area contributed by atoms with E-state index in [1.165, 1.54) is 49.4 Å². The molecule has 0 unspecified atom stereocenters. The summed E-state index contributed by atoms with van der Waals surface area (Å²) in [6.45, 7) is 4.31. The van der Waals surface area contributed by atoms with E-state index in [1.807, 2.05) is 18.5 Å². The molecule has 0 radical (unpaired) electrons. The summed E-state index contributed by atoms with van der Waals surface area (Å²) in [7, 11) is 0. The SMILES string of the molecule is C/C=C(\C=C(/C)c1cccc(-c2cccnc2)c1)c1cc2ccccc2c2ccccc12. The Kier molecular flexibility index (Phi) is 5.39. The summed E-state index contributed by atoms with van der Waals surface area (Å²) in [5, 5.41) is 5.15. The molecule has 0 bridgehead atoms. The van der Waals surface area contributed by atoms with E-state index in [1.54, 1.807) is 0 Å². The van der Waals surface area contributed by atoms with Gasteiger partial charge in [0.05, 0.1) is 0 Å². The smallest absolute Gasteiger partial charge is 0.0346 e. The third kappa shape index (κ3) is 3.74. The van der Waals surface area contributed by atoms with Crippen LogP contribution in [0.15, 0.2) is 116 Å². The topological polar surface area (TPSA) is 12.9 Å². The zero-order valence-corrected chi connectivity index (χ0v) is 18.4. The molecule has 0 fully saturated rings. The molecule has 4 aromatic carbocycles. The second-order valence-corrected chi connectivity index (χ2v) is 8.08. The van der Waals surface area contributed by atoms with Crippen LogP contribution in [0.1, 0.15) is 25.0 Å². The summed E-state index contributed by atoms with van der Waals surface area (Å²) in [4.78, 5) is 4.27. The van der Waals surface area contributed by atoms with E-state index < -0.39 is 0 Å². The zero-order chi connectivity index (χ0) is 21.9. The van der Waals surface area contributed by atoms with E-state index >= 15 is 0 Å². The van der Waals surface area contributed by atoms with Gasteiger partial charge in [-0.2, -0.15) is 0 Å². The number of benzene rings is 4. The molecule has 0 amide bonds. The van der Waals surface area contributed by atoms with Gasteiger partial charge in [0.1, 0.15) is 0 Å². The Morgan fingerprint density at radius 1 is 0.719 bits per heavy atom. The Morgan fingerprint density at radius 2 is 1.47 bits per heavy atom. The highest BCUT2D eigenvalue weighted by Gasteiger charge is 2.09. The fraction of sp³-hybridized carbons (Fsp3) is 0.0645. The van der Waals surface area contributed by atoms with Gasteiger partial charge < -0.3 is 0 Å². The van der Waals surface area contributed by atoms with Crippen LogP contribution in [0.25, 0.3) is 43.8 Å². The van der Waals surface area contributed by atoms with Crippen molar-refractivity contribution in [3.8, 4) is 11.1 Å². The molecule has 0 atom stereocenters. The largest absolute Gasteiger partial charge is 0.264 e. The molecule has 1 aromatic heterocycles. The Hall–Kier alpha value is -3.97. The lowest BCUT2D eigenvalue weighted by Gasteiger charge is -2.13. The van der Waals surface area contributed by atoms with E-state index in [0.717, 1.165) is 5.56 Å². The molecule has 1 heteroatoms. The second-order valence-electron chi connectivity index (χ2n) is 8.08. The van der Waals surface area contributed by atoms with Crippen LogP contribution in [0, 0.1) is 0 Å². The zero-order valence-electron chi connectivity index (χ0n) is 18.4. The van der Waals surface area contributed by atoms with Gasteiger partial charge in [0, 0.05) is 18.0 Å². The van der Waals surface area contributed by atoms with Crippen LogP contribution >= 0.6 is 0 Å². The summed E-state index contributed by atoms with van der Waals surface area (Å²) in [6, 6.07) is 32.4. The van der Waals surface area contributed by atoms with Crippen molar-refractivity contribution >= 4 is 32.7 Å². The Balaban J connectivity index is 1.61. The van der Waals surface area contributed by atoms with Gasteiger partial charge in [0.2, 0.25) is 0 Å². The van der Waals surface area contributed by atoms with Gasteiger partial charge in [0.15, 0.2) is 0 Å². The maximum absolute atomic E-state index is 4.27.